The van der Waals surface area contributed by atoms with Crippen LogP contribution in [0.25, 0.3) is 0 Å². The topological polar surface area (TPSA) is 382 Å². The second-order valence-corrected chi connectivity index (χ2v) is 20.2. The number of hydrogen-bond acceptors (Lipinski definition) is 15. The van der Waals surface area contributed by atoms with Gasteiger partial charge >= 0.3 is 0 Å². The van der Waals surface area contributed by atoms with Crippen LogP contribution in [0.5, 0.6) is 5.75 Å². The Morgan fingerprint density at radius 1 is 0.746 bits per heavy atom. The normalized spacial score (nSPS) is 23.5. The average molecular weight is 1030 g/mol. The van der Waals surface area contributed by atoms with Crippen LogP contribution in [0.3, 0.4) is 0 Å². The van der Waals surface area contributed by atoms with E-state index in [1.165, 1.54) is 17.0 Å². The number of nitrogens with two attached hydrogens (primary N) is 4. The van der Waals surface area contributed by atoms with Crippen molar-refractivity contribution in [2.45, 2.75) is 114 Å². The number of unbranched alkanes of at least 4 members (excludes halogenated alkanes) is 1. The molecule has 2 saturated heterocycles. The minimum Gasteiger partial charge on any atom is -0.508 e. The predicted molar refractivity (Wildman–Crippen MR) is 265 cm³/mol. The Morgan fingerprint density at radius 2 is 1.34 bits per heavy atom. The van der Waals surface area contributed by atoms with Crippen LogP contribution >= 0.6 is 21.6 Å². The Balaban J connectivity index is 1.69. The molecule has 8 atom stereocenters. The molecule has 2 aromatic carbocycles. The second-order valence-electron chi connectivity index (χ2n) is 17.6. The number of amides is 10. The van der Waals surface area contributed by atoms with Crippen molar-refractivity contribution in [2.75, 3.05) is 31.1 Å². The van der Waals surface area contributed by atoms with Crippen molar-refractivity contribution in [1.29, 1.82) is 0 Å². The summed E-state index contributed by atoms with van der Waals surface area (Å²) in [4.78, 5) is 137. The number of phenolic OH excluding ortho intramolecular Hbond substituents is 1. The van der Waals surface area contributed by atoms with Crippen molar-refractivity contribution in [3.63, 3.8) is 0 Å². The summed E-state index contributed by atoms with van der Waals surface area (Å²) in [6.45, 7) is 3.16. The summed E-state index contributed by atoms with van der Waals surface area (Å²) in [5.74, 6) is -9.00. The standard InChI is InChI=1S/C46H66N12O11S2/c1-25(2)38-45(68)55-33(21-36(49)60)42(65)56-34(46(69)58-18-8-12-35(58)44(67)52-30(11-6-7-17-47)40(63)51-22-37(50)61)24-71-70-23-29(48)39(62)53-31(20-27-13-15-28(59)16-14-27)41(64)54-32(43(66)57-38)19-26-9-4-3-5-10-26/h3-5,9-10,13-16,25,29-35,38,59H,6-8,11-12,17-24,47-48H2,1-2H3,(H2,49,60)(H2,50,61)(H,51,63)(H,52,67)(H,53,62)(H,54,64)(H,55,68)(H,56,65)(H,57,66)/t29-,30+,31-,32+,33+,34+,35-,38-/m1/s1. The number of likely N-dealkylation sites (tertiary alicyclic amines) is 1. The summed E-state index contributed by atoms with van der Waals surface area (Å²) in [5.41, 5.74) is 23.9. The van der Waals surface area contributed by atoms with E-state index in [-0.39, 0.29) is 49.5 Å². The smallest absolute Gasteiger partial charge is 0.246 e. The van der Waals surface area contributed by atoms with Crippen molar-refractivity contribution >= 4 is 80.7 Å². The summed E-state index contributed by atoms with van der Waals surface area (Å²) >= 11 is 0. The number of primary amides is 2. The van der Waals surface area contributed by atoms with E-state index in [0.717, 1.165) is 21.6 Å². The number of carbonyl (C=O) groups excluding carboxylic acids is 10. The predicted octanol–water partition coefficient (Wildman–Crippen LogP) is -2.94. The number of nitrogens with zero attached hydrogens (tertiary/aromatic N) is 1. The van der Waals surface area contributed by atoms with Gasteiger partial charge in [0.2, 0.25) is 59.1 Å². The summed E-state index contributed by atoms with van der Waals surface area (Å²) in [7, 11) is 2.10. The third kappa shape index (κ3) is 18.4. The number of benzene rings is 2. The van der Waals surface area contributed by atoms with E-state index >= 15 is 0 Å². The van der Waals surface area contributed by atoms with Crippen molar-refractivity contribution in [3.8, 4) is 5.75 Å². The molecule has 4 rings (SSSR count). The van der Waals surface area contributed by atoms with Gasteiger partial charge in [0.05, 0.1) is 19.0 Å². The highest BCUT2D eigenvalue weighted by atomic mass is 33.1. The third-order valence-electron chi connectivity index (χ3n) is 11.6. The lowest BCUT2D eigenvalue weighted by Crippen LogP contribution is -2.62. The fourth-order valence-corrected chi connectivity index (χ4v) is 10.0. The summed E-state index contributed by atoms with van der Waals surface area (Å²) in [6.07, 6.45) is 0.832. The van der Waals surface area contributed by atoms with Crippen molar-refractivity contribution < 1.29 is 53.1 Å². The molecule has 0 radical (unpaired) electrons. The number of carbonyl (C=O) groups is 10. The molecule has 23 nitrogen and oxygen atoms in total. The van der Waals surface area contributed by atoms with Crippen LogP contribution in [-0.2, 0) is 60.8 Å². The summed E-state index contributed by atoms with van der Waals surface area (Å²) < 4.78 is 0. The van der Waals surface area contributed by atoms with Crippen LogP contribution in [0.15, 0.2) is 54.6 Å². The van der Waals surface area contributed by atoms with E-state index in [0.29, 0.717) is 36.9 Å². The lowest BCUT2D eigenvalue weighted by molar-refractivity contribution is -0.142. The highest BCUT2D eigenvalue weighted by Crippen LogP contribution is 2.26. The summed E-state index contributed by atoms with van der Waals surface area (Å²) in [5, 5.41) is 28.2. The van der Waals surface area contributed by atoms with Crippen LogP contribution in [0, 0.1) is 5.92 Å². The van der Waals surface area contributed by atoms with Gasteiger partial charge < -0.3 is 70.2 Å². The number of hydrogen-bond donors (Lipinski definition) is 12. The molecule has 2 fully saturated rings. The van der Waals surface area contributed by atoms with Gasteiger partial charge in [0.1, 0.15) is 48.0 Å². The first-order valence-corrected chi connectivity index (χ1v) is 25.8. The minimum absolute atomic E-state index is 0.0305. The van der Waals surface area contributed by atoms with E-state index in [1.807, 2.05) is 0 Å². The maximum Gasteiger partial charge on any atom is 0.246 e. The number of phenols is 1. The zero-order chi connectivity index (χ0) is 52.2. The van der Waals surface area contributed by atoms with E-state index in [1.54, 1.807) is 56.3 Å². The maximum absolute atomic E-state index is 14.5. The largest absolute Gasteiger partial charge is 0.508 e. The van der Waals surface area contributed by atoms with Gasteiger partial charge in [-0.3, -0.25) is 47.9 Å². The van der Waals surface area contributed by atoms with Gasteiger partial charge in [-0.05, 0) is 67.8 Å². The Kier molecular flexibility index (Phi) is 22.9. The van der Waals surface area contributed by atoms with E-state index in [9.17, 15) is 53.1 Å². The Bertz CT molecular complexity index is 2210. The van der Waals surface area contributed by atoms with Crippen molar-refractivity contribution in [1.82, 2.24) is 42.1 Å². The quantitative estimate of drug-likeness (QED) is 0.0557. The molecule has 2 aromatic rings. The van der Waals surface area contributed by atoms with Gasteiger partial charge in [0, 0.05) is 30.9 Å². The maximum atomic E-state index is 14.5. The Morgan fingerprint density at radius 3 is 1.96 bits per heavy atom. The highest BCUT2D eigenvalue weighted by Gasteiger charge is 2.41. The molecule has 0 saturated carbocycles. The van der Waals surface area contributed by atoms with Gasteiger partial charge in [-0.25, -0.2) is 0 Å². The lowest BCUT2D eigenvalue weighted by atomic mass is 9.99. The number of aromatic hydroxyl groups is 1. The summed E-state index contributed by atoms with van der Waals surface area (Å²) in [6, 6.07) is 4.15. The van der Waals surface area contributed by atoms with Gasteiger partial charge in [-0.15, -0.1) is 0 Å². The van der Waals surface area contributed by atoms with Crippen LogP contribution in [0.1, 0.15) is 63.5 Å². The second kappa shape index (κ2) is 28.4. The molecule has 0 aromatic heterocycles. The molecule has 16 N–H and O–H groups in total. The van der Waals surface area contributed by atoms with Gasteiger partial charge in [0.15, 0.2) is 0 Å². The molecule has 25 heteroatoms. The molecule has 0 unspecified atom stereocenters. The molecule has 10 amide bonds. The van der Waals surface area contributed by atoms with E-state index in [4.69, 9.17) is 22.9 Å². The fraction of sp³-hybridized carbons (Fsp3) is 0.522. The van der Waals surface area contributed by atoms with E-state index < -0.39 is 126 Å². The first-order valence-electron chi connectivity index (χ1n) is 23.3. The molecule has 0 spiro atoms. The van der Waals surface area contributed by atoms with Crippen molar-refractivity contribution in [2.24, 2.45) is 28.9 Å². The zero-order valence-corrected chi connectivity index (χ0v) is 41.3. The van der Waals surface area contributed by atoms with Crippen LogP contribution in [0.4, 0.5) is 0 Å². The van der Waals surface area contributed by atoms with Crippen LogP contribution in [-0.4, -0.2) is 149 Å². The first kappa shape index (κ1) is 57.1. The molecular weight excluding hydrogens is 961 g/mol. The molecule has 2 heterocycles. The molecular formula is C46H66N12O11S2. The van der Waals surface area contributed by atoms with Crippen LogP contribution in [0.2, 0.25) is 0 Å². The monoisotopic (exact) mass is 1030 g/mol. The molecule has 0 aliphatic carbocycles. The first-order chi connectivity index (χ1) is 33.8. The van der Waals surface area contributed by atoms with Gasteiger partial charge in [0.25, 0.3) is 0 Å². The number of nitrogens with one attached hydrogen (secondary N) is 7. The number of rotatable bonds is 17. The molecule has 0 bridgehead atoms. The molecule has 388 valence electrons. The molecule has 2 aliphatic heterocycles. The Hall–Kier alpha value is -6.44. The lowest BCUT2D eigenvalue weighted by Gasteiger charge is -2.31. The van der Waals surface area contributed by atoms with Gasteiger partial charge in [-0.1, -0.05) is 77.9 Å². The average Bonchev–Trinajstić information content (AvgIpc) is 3.83. The SMILES string of the molecule is CC(C)[C@H]1NC(=O)[C@H](Cc2ccccc2)NC(=O)[C@@H](Cc2ccc(O)cc2)NC(=O)[C@H](N)CSSC[C@@H](C(=O)N2CCC[C@@H]2C(=O)N[C@@H](CCCCN)C(=O)NCC(N)=O)NC(=O)[C@H](CC(N)=O)NC1=O. The molecule has 71 heavy (non-hydrogen) atoms. The molecule has 2 aliphatic rings. The highest BCUT2D eigenvalue weighted by molar-refractivity contribution is 8.76. The van der Waals surface area contributed by atoms with Crippen LogP contribution < -0.4 is 60.2 Å². The zero-order valence-electron chi connectivity index (χ0n) is 39.7. The fourth-order valence-electron chi connectivity index (χ4n) is 7.74. The minimum atomic E-state index is -1.67. The van der Waals surface area contributed by atoms with Crippen molar-refractivity contribution in [3.05, 3.63) is 65.7 Å². The Labute approximate surface area is 419 Å². The third-order valence-corrected chi connectivity index (χ3v) is 14.0. The van der Waals surface area contributed by atoms with E-state index in [2.05, 4.69) is 37.2 Å². The van der Waals surface area contributed by atoms with Gasteiger partial charge in [-0.2, -0.15) is 0 Å².